The molecule has 1 aliphatic rings. The quantitative estimate of drug-likeness (QED) is 0.509. The van der Waals surface area contributed by atoms with Crippen molar-refractivity contribution in [2.24, 2.45) is 0 Å². The third-order valence-corrected chi connectivity index (χ3v) is 4.69. The number of nitrogens with zero attached hydrogens (tertiary/aromatic N) is 1. The molecule has 1 aromatic carbocycles. The molecule has 0 aliphatic heterocycles. The van der Waals surface area contributed by atoms with Crippen LogP contribution in [0.3, 0.4) is 0 Å². The van der Waals surface area contributed by atoms with Crippen LogP contribution in [0, 0.1) is 11.3 Å². The molecule has 0 atom stereocenters. The first-order chi connectivity index (χ1) is 13.8. The van der Waals surface area contributed by atoms with E-state index in [-0.39, 0.29) is 6.10 Å². The summed E-state index contributed by atoms with van der Waals surface area (Å²) >= 11 is 6.25. The lowest BCUT2D eigenvalue weighted by Gasteiger charge is -2.21. The Kier molecular flexibility index (Phi) is 7.91. The molecule has 1 fully saturated rings. The number of ether oxygens (including phenoxy) is 3. The number of rotatable bonds is 8. The summed E-state index contributed by atoms with van der Waals surface area (Å²) in [4.78, 5) is 23.9. The van der Waals surface area contributed by atoms with Crippen molar-refractivity contribution in [3.63, 3.8) is 0 Å². The lowest BCUT2D eigenvalue weighted by molar-refractivity contribution is -0.144. The molecular weight excluding hydrogens is 396 g/mol. The maximum atomic E-state index is 12.0. The van der Waals surface area contributed by atoms with Crippen LogP contribution in [0.4, 0.5) is 0 Å². The highest BCUT2D eigenvalue weighted by molar-refractivity contribution is 6.32. The molecular formula is C21H25ClN2O5. The van der Waals surface area contributed by atoms with Gasteiger partial charge in [0.25, 0.3) is 5.91 Å². The first-order valence-electron chi connectivity index (χ1n) is 9.40. The molecule has 0 aromatic heterocycles. The van der Waals surface area contributed by atoms with E-state index in [1.54, 1.807) is 12.1 Å². The van der Waals surface area contributed by atoms with E-state index in [1.165, 1.54) is 19.3 Å². The number of esters is 1. The van der Waals surface area contributed by atoms with Crippen LogP contribution in [0.2, 0.25) is 5.02 Å². The number of carbonyl (C=O) groups is 2. The monoisotopic (exact) mass is 420 g/mol. The molecule has 1 aliphatic carbocycles. The van der Waals surface area contributed by atoms with Crippen LogP contribution >= 0.6 is 11.6 Å². The lowest BCUT2D eigenvalue weighted by Crippen LogP contribution is -2.46. The Morgan fingerprint density at radius 3 is 2.62 bits per heavy atom. The normalized spacial score (nSPS) is 15.2. The predicted molar refractivity (Wildman–Crippen MR) is 109 cm³/mol. The zero-order chi connectivity index (χ0) is 21.4. The number of hydrogen-bond donors (Lipinski definition) is 1. The second kappa shape index (κ2) is 10.2. The number of nitrogens with one attached hydrogen (secondary N) is 1. The molecule has 29 heavy (non-hydrogen) atoms. The van der Waals surface area contributed by atoms with Crippen LogP contribution in [0.25, 0.3) is 6.08 Å². The van der Waals surface area contributed by atoms with Crippen LogP contribution in [-0.2, 0) is 14.3 Å². The number of amides is 1. The molecule has 0 saturated heterocycles. The van der Waals surface area contributed by atoms with Crippen molar-refractivity contribution in [1.29, 1.82) is 5.26 Å². The maximum Gasteiger partial charge on any atom is 0.331 e. The number of methoxy groups -OCH3 is 1. The van der Waals surface area contributed by atoms with Crippen LogP contribution in [0.1, 0.15) is 45.1 Å². The van der Waals surface area contributed by atoms with Gasteiger partial charge in [0.05, 0.1) is 24.3 Å². The van der Waals surface area contributed by atoms with Gasteiger partial charge in [-0.2, -0.15) is 5.26 Å². The van der Waals surface area contributed by atoms with Gasteiger partial charge in [0.2, 0.25) is 0 Å². The highest BCUT2D eigenvalue weighted by Gasteiger charge is 2.35. The predicted octanol–water partition coefficient (Wildman–Crippen LogP) is 3.64. The molecule has 7 nitrogen and oxygen atoms in total. The van der Waals surface area contributed by atoms with E-state index in [2.05, 4.69) is 11.4 Å². The number of carbonyl (C=O) groups excluding carboxylic acids is 2. The SMILES string of the molecule is COc1cc(/C=C/C(=O)OCC(=O)NC2(C#N)CCCC2)cc(Cl)c1OC(C)C. The van der Waals surface area contributed by atoms with Crippen molar-refractivity contribution in [2.45, 2.75) is 51.2 Å². The van der Waals surface area contributed by atoms with Crippen LogP contribution in [0.5, 0.6) is 11.5 Å². The van der Waals surface area contributed by atoms with Gasteiger partial charge in [-0.15, -0.1) is 0 Å². The second-order valence-corrected chi connectivity index (χ2v) is 7.50. The van der Waals surface area contributed by atoms with Gasteiger partial charge in [0.15, 0.2) is 18.1 Å². The fourth-order valence-electron chi connectivity index (χ4n) is 3.08. The molecule has 8 heteroatoms. The van der Waals surface area contributed by atoms with Gasteiger partial charge in [0.1, 0.15) is 5.54 Å². The summed E-state index contributed by atoms with van der Waals surface area (Å²) in [7, 11) is 1.50. The summed E-state index contributed by atoms with van der Waals surface area (Å²) in [6, 6.07) is 5.47. The Balaban J connectivity index is 1.94. The summed E-state index contributed by atoms with van der Waals surface area (Å²) in [6.07, 6.45) is 5.63. The number of benzene rings is 1. The van der Waals surface area contributed by atoms with E-state index in [0.29, 0.717) is 34.9 Å². The van der Waals surface area contributed by atoms with E-state index < -0.39 is 24.0 Å². The number of hydrogen-bond acceptors (Lipinski definition) is 6. The summed E-state index contributed by atoms with van der Waals surface area (Å²) in [5, 5.41) is 12.3. The third kappa shape index (κ3) is 6.40. The number of halogens is 1. The van der Waals surface area contributed by atoms with Crippen LogP contribution in [0.15, 0.2) is 18.2 Å². The summed E-state index contributed by atoms with van der Waals surface area (Å²) in [5.74, 6) is -0.305. The Labute approximate surface area is 175 Å². The molecule has 156 valence electrons. The lowest BCUT2D eigenvalue weighted by atomic mass is 10.00. The summed E-state index contributed by atoms with van der Waals surface area (Å²) in [6.45, 7) is 3.31. The van der Waals surface area contributed by atoms with Gasteiger partial charge >= 0.3 is 5.97 Å². The van der Waals surface area contributed by atoms with Gasteiger partial charge in [-0.1, -0.05) is 11.6 Å². The Morgan fingerprint density at radius 2 is 2.03 bits per heavy atom. The summed E-state index contributed by atoms with van der Waals surface area (Å²) < 4.78 is 15.9. The average Bonchev–Trinajstić information content (AvgIpc) is 3.15. The van der Waals surface area contributed by atoms with Crippen molar-refractivity contribution in [3.8, 4) is 17.6 Å². The second-order valence-electron chi connectivity index (χ2n) is 7.09. The molecule has 1 amide bonds. The van der Waals surface area contributed by atoms with Crippen LogP contribution in [-0.4, -0.2) is 37.2 Å². The standard InChI is InChI=1S/C21H25ClN2O5/c1-14(2)29-20-16(22)10-15(11-17(20)27-3)6-7-19(26)28-12-18(25)24-21(13-23)8-4-5-9-21/h6-7,10-11,14H,4-5,8-9,12H2,1-3H3,(H,24,25)/b7-6+. The molecule has 0 heterocycles. The molecule has 2 rings (SSSR count). The van der Waals surface area contributed by atoms with Gasteiger partial charge in [0, 0.05) is 6.08 Å². The van der Waals surface area contributed by atoms with Gasteiger partial charge in [-0.05, 0) is 63.3 Å². The topological polar surface area (TPSA) is 97.6 Å². The minimum absolute atomic E-state index is 0.0756. The van der Waals surface area contributed by atoms with Gasteiger partial charge in [-0.25, -0.2) is 4.79 Å². The molecule has 0 spiro atoms. The first-order valence-corrected chi connectivity index (χ1v) is 9.77. The van der Waals surface area contributed by atoms with E-state index in [9.17, 15) is 14.9 Å². The Morgan fingerprint density at radius 1 is 1.34 bits per heavy atom. The van der Waals surface area contributed by atoms with E-state index in [1.807, 2.05) is 13.8 Å². The van der Waals surface area contributed by atoms with E-state index in [0.717, 1.165) is 12.8 Å². The van der Waals surface area contributed by atoms with Crippen molar-refractivity contribution < 1.29 is 23.8 Å². The molecule has 0 bridgehead atoms. The largest absolute Gasteiger partial charge is 0.493 e. The molecule has 1 aromatic rings. The van der Waals surface area contributed by atoms with E-state index in [4.69, 9.17) is 25.8 Å². The third-order valence-electron chi connectivity index (χ3n) is 4.41. The highest BCUT2D eigenvalue weighted by Crippen LogP contribution is 2.37. The van der Waals surface area contributed by atoms with E-state index >= 15 is 0 Å². The van der Waals surface area contributed by atoms with Crippen molar-refractivity contribution in [1.82, 2.24) is 5.32 Å². The Hall–Kier alpha value is -2.72. The zero-order valence-corrected chi connectivity index (χ0v) is 17.5. The molecule has 1 N–H and O–H groups in total. The van der Waals surface area contributed by atoms with Crippen LogP contribution < -0.4 is 14.8 Å². The smallest absolute Gasteiger partial charge is 0.331 e. The average molecular weight is 421 g/mol. The van der Waals surface area contributed by atoms with Gasteiger partial charge < -0.3 is 19.5 Å². The molecule has 0 radical (unpaired) electrons. The molecule has 0 unspecified atom stereocenters. The summed E-state index contributed by atoms with van der Waals surface area (Å²) in [5.41, 5.74) is -0.231. The fraction of sp³-hybridized carbons (Fsp3) is 0.476. The first kappa shape index (κ1) is 22.6. The minimum atomic E-state index is -0.841. The van der Waals surface area contributed by atoms with Crippen molar-refractivity contribution in [2.75, 3.05) is 13.7 Å². The van der Waals surface area contributed by atoms with Crippen molar-refractivity contribution >= 4 is 29.6 Å². The zero-order valence-electron chi connectivity index (χ0n) is 16.8. The maximum absolute atomic E-state index is 12.0. The Bertz CT molecular complexity index is 823. The fourth-order valence-corrected chi connectivity index (χ4v) is 3.35. The van der Waals surface area contributed by atoms with Gasteiger partial charge in [-0.3, -0.25) is 4.79 Å². The molecule has 1 saturated carbocycles. The number of nitriles is 1. The highest BCUT2D eigenvalue weighted by atomic mass is 35.5. The minimum Gasteiger partial charge on any atom is -0.493 e. The van der Waals surface area contributed by atoms with Crippen molar-refractivity contribution in [3.05, 3.63) is 28.8 Å².